The van der Waals surface area contributed by atoms with Crippen LogP contribution in [0.3, 0.4) is 0 Å². The van der Waals surface area contributed by atoms with Crippen molar-refractivity contribution in [1.82, 2.24) is 20.0 Å². The van der Waals surface area contributed by atoms with E-state index in [-0.39, 0.29) is 17.7 Å². The minimum absolute atomic E-state index is 0.0452. The molecule has 216 valence electrons. The molecule has 3 aromatic rings. The highest BCUT2D eigenvalue weighted by atomic mass is 16.4. The number of benzene rings is 2. The second-order valence-corrected chi connectivity index (χ2v) is 12.4. The van der Waals surface area contributed by atoms with Crippen molar-refractivity contribution in [1.29, 1.82) is 0 Å². The van der Waals surface area contributed by atoms with Crippen LogP contribution in [0.1, 0.15) is 84.1 Å². The first-order chi connectivity index (χ1) is 20.1. The van der Waals surface area contributed by atoms with Gasteiger partial charge in [-0.15, -0.1) is 0 Å². The fourth-order valence-electron chi connectivity index (χ4n) is 7.66. The summed E-state index contributed by atoms with van der Waals surface area (Å²) in [4.78, 5) is 30.2. The van der Waals surface area contributed by atoms with Crippen LogP contribution in [0.2, 0.25) is 0 Å². The molecule has 2 N–H and O–H groups in total. The summed E-state index contributed by atoms with van der Waals surface area (Å²) in [7, 11) is 0. The molecule has 0 bridgehead atoms. The maximum Gasteiger partial charge on any atom is 0.321 e. The molecule has 3 aliphatic rings. The van der Waals surface area contributed by atoms with E-state index in [1.54, 1.807) is 0 Å². The van der Waals surface area contributed by atoms with Crippen LogP contribution in [0.15, 0.2) is 66.7 Å². The van der Waals surface area contributed by atoms with Gasteiger partial charge in [-0.25, -0.2) is 0 Å². The second-order valence-electron chi connectivity index (χ2n) is 12.4. The van der Waals surface area contributed by atoms with E-state index in [0.29, 0.717) is 29.0 Å². The largest absolute Gasteiger partial charge is 0.480 e. The number of nitrogens with one attached hydrogen (secondary N) is 1. The molecule has 1 aliphatic carbocycles. The van der Waals surface area contributed by atoms with E-state index in [1.807, 2.05) is 36.4 Å². The smallest absolute Gasteiger partial charge is 0.321 e. The average Bonchev–Trinajstić information content (AvgIpc) is 3.67. The summed E-state index contributed by atoms with van der Waals surface area (Å²) in [6.45, 7) is 4.65. The monoisotopic (exact) mass is 554 g/mol. The van der Waals surface area contributed by atoms with Gasteiger partial charge in [-0.2, -0.15) is 5.10 Å². The van der Waals surface area contributed by atoms with Crippen molar-refractivity contribution in [2.45, 2.75) is 62.8 Å². The average molecular weight is 555 g/mol. The van der Waals surface area contributed by atoms with Crippen LogP contribution in [0.5, 0.6) is 0 Å². The Balaban J connectivity index is 1.10. The number of carboxylic acid groups (broad SMARTS) is 1. The van der Waals surface area contributed by atoms with E-state index >= 15 is 0 Å². The first kappa shape index (κ1) is 27.9. The molecule has 2 saturated heterocycles. The van der Waals surface area contributed by atoms with Crippen molar-refractivity contribution in [3.05, 3.63) is 89.2 Å². The van der Waals surface area contributed by atoms with E-state index in [1.165, 1.54) is 12.0 Å². The SMILES string of the molecule is O=C(c1ccccc1)c1cc(C2CCN(C[C@H]3CN([C@@H](C(=O)O)C4CCCCC4)C[C@@H]3c3ccccc3)CC2)[nH]n1. The summed E-state index contributed by atoms with van der Waals surface area (Å²) in [6.07, 6.45) is 7.65. The van der Waals surface area contributed by atoms with Gasteiger partial charge in [0.15, 0.2) is 0 Å². The number of ketones is 1. The number of nitrogens with zero attached hydrogens (tertiary/aromatic N) is 3. The van der Waals surface area contributed by atoms with Crippen molar-refractivity contribution in [3.63, 3.8) is 0 Å². The quantitative estimate of drug-likeness (QED) is 0.336. The van der Waals surface area contributed by atoms with Crippen LogP contribution >= 0.6 is 0 Å². The number of aromatic amines is 1. The van der Waals surface area contributed by atoms with Gasteiger partial charge >= 0.3 is 5.97 Å². The molecular weight excluding hydrogens is 512 g/mol. The maximum absolute atomic E-state index is 12.8. The molecule has 1 aromatic heterocycles. The van der Waals surface area contributed by atoms with Gasteiger partial charge in [-0.1, -0.05) is 79.9 Å². The molecule has 41 heavy (non-hydrogen) atoms. The van der Waals surface area contributed by atoms with Crippen molar-refractivity contribution in [2.24, 2.45) is 11.8 Å². The van der Waals surface area contributed by atoms with Gasteiger partial charge in [-0.3, -0.25) is 19.6 Å². The summed E-state index contributed by atoms with van der Waals surface area (Å²) in [5, 5.41) is 17.8. The highest BCUT2D eigenvalue weighted by Gasteiger charge is 2.43. The van der Waals surface area contributed by atoms with Crippen LogP contribution in [0.25, 0.3) is 0 Å². The first-order valence-electron chi connectivity index (χ1n) is 15.5. The van der Waals surface area contributed by atoms with Crippen LogP contribution in [0, 0.1) is 11.8 Å². The molecule has 1 saturated carbocycles. The number of H-pyrrole nitrogens is 1. The molecule has 3 atom stereocenters. The molecule has 6 rings (SSSR count). The van der Waals surface area contributed by atoms with Crippen LogP contribution < -0.4 is 0 Å². The minimum Gasteiger partial charge on any atom is -0.480 e. The molecule has 7 nitrogen and oxygen atoms in total. The van der Waals surface area contributed by atoms with E-state index in [4.69, 9.17) is 0 Å². The zero-order valence-electron chi connectivity index (χ0n) is 23.8. The fourth-order valence-corrected chi connectivity index (χ4v) is 7.66. The topological polar surface area (TPSA) is 89.5 Å². The van der Waals surface area contributed by atoms with Crippen molar-refractivity contribution < 1.29 is 14.7 Å². The molecular formula is C34H42N4O3. The number of carbonyl (C=O) groups is 2. The van der Waals surface area contributed by atoms with Gasteiger partial charge in [0, 0.05) is 42.7 Å². The number of carboxylic acids is 1. The number of hydrogen-bond donors (Lipinski definition) is 2. The maximum atomic E-state index is 12.8. The lowest BCUT2D eigenvalue weighted by molar-refractivity contribution is -0.145. The van der Waals surface area contributed by atoms with Crippen LogP contribution in [-0.2, 0) is 4.79 Å². The standard InChI is InChI=1S/C34H42N4O3/c39-33(27-14-8-3-9-15-27)31-20-30(35-36-31)25-16-18-37(19-17-25)21-28-22-38(23-29(28)24-10-4-1-5-11-24)32(34(40)41)26-12-6-2-7-13-26/h1,3-5,8-11,14-15,20,25-26,28-29,32H,2,6-7,12-13,16-19,21-23H2,(H,35,36)(H,40,41)/t28-,29+,32+/m0/s1. The Morgan fingerprint density at radius 1 is 0.902 bits per heavy atom. The first-order valence-corrected chi connectivity index (χ1v) is 15.5. The number of rotatable bonds is 9. The van der Waals surface area contributed by atoms with Gasteiger partial charge in [0.2, 0.25) is 5.78 Å². The Morgan fingerprint density at radius 2 is 1.59 bits per heavy atom. The molecule has 3 fully saturated rings. The lowest BCUT2D eigenvalue weighted by Crippen LogP contribution is -2.46. The zero-order chi connectivity index (χ0) is 28.2. The van der Waals surface area contributed by atoms with Gasteiger partial charge in [0.05, 0.1) is 0 Å². The molecule has 0 spiro atoms. The number of carbonyl (C=O) groups excluding carboxylic acids is 1. The Morgan fingerprint density at radius 3 is 2.27 bits per heavy atom. The molecule has 2 aromatic carbocycles. The summed E-state index contributed by atoms with van der Waals surface area (Å²) < 4.78 is 0. The third kappa shape index (κ3) is 6.31. The minimum atomic E-state index is -0.644. The Labute approximate surface area is 242 Å². The molecule has 2 aliphatic heterocycles. The van der Waals surface area contributed by atoms with Gasteiger partial charge < -0.3 is 10.0 Å². The molecule has 0 radical (unpaired) electrons. The molecule has 3 heterocycles. The van der Waals surface area contributed by atoms with Crippen molar-refractivity contribution >= 4 is 11.8 Å². The Hall–Kier alpha value is -3.29. The third-order valence-electron chi connectivity index (χ3n) is 9.83. The zero-order valence-corrected chi connectivity index (χ0v) is 23.8. The van der Waals surface area contributed by atoms with Gasteiger partial charge in [0.25, 0.3) is 0 Å². The Bertz CT molecular complexity index is 1300. The van der Waals surface area contributed by atoms with E-state index in [2.05, 4.69) is 50.3 Å². The summed E-state index contributed by atoms with van der Waals surface area (Å²) >= 11 is 0. The lowest BCUT2D eigenvalue weighted by Gasteiger charge is -2.35. The number of aromatic nitrogens is 2. The van der Waals surface area contributed by atoms with Crippen molar-refractivity contribution in [3.8, 4) is 0 Å². The van der Waals surface area contributed by atoms with Crippen molar-refractivity contribution in [2.75, 3.05) is 32.7 Å². The van der Waals surface area contributed by atoms with Gasteiger partial charge in [0.1, 0.15) is 11.7 Å². The number of piperidine rings is 1. The Kier molecular flexibility index (Phi) is 8.63. The van der Waals surface area contributed by atoms with Gasteiger partial charge in [-0.05, 0) is 62.2 Å². The lowest BCUT2D eigenvalue weighted by atomic mass is 9.83. The predicted octanol–water partition coefficient (Wildman–Crippen LogP) is 5.57. The molecule has 0 unspecified atom stereocenters. The summed E-state index contributed by atoms with van der Waals surface area (Å²) in [5.74, 6) is 0.690. The summed E-state index contributed by atoms with van der Waals surface area (Å²) in [5.41, 5.74) is 3.52. The summed E-state index contributed by atoms with van der Waals surface area (Å²) in [6, 6.07) is 21.6. The predicted molar refractivity (Wildman–Crippen MR) is 159 cm³/mol. The molecule has 0 amide bonds. The third-order valence-corrected chi connectivity index (χ3v) is 9.83. The van der Waals surface area contributed by atoms with E-state index in [9.17, 15) is 14.7 Å². The highest BCUT2D eigenvalue weighted by molar-refractivity contribution is 6.07. The number of likely N-dealkylation sites (tertiary alicyclic amines) is 2. The van der Waals surface area contributed by atoms with Crippen LogP contribution in [-0.4, -0.2) is 75.6 Å². The number of aliphatic carboxylic acids is 1. The molecule has 7 heteroatoms. The van der Waals surface area contributed by atoms with Crippen LogP contribution in [0.4, 0.5) is 0 Å². The fraction of sp³-hybridized carbons (Fsp3) is 0.500. The number of hydrogen-bond acceptors (Lipinski definition) is 5. The normalized spacial score (nSPS) is 23.9. The second kappa shape index (κ2) is 12.7. The highest BCUT2D eigenvalue weighted by Crippen LogP contribution is 2.39. The van der Waals surface area contributed by atoms with E-state index in [0.717, 1.165) is 76.9 Å². The van der Waals surface area contributed by atoms with E-state index < -0.39 is 5.97 Å².